The van der Waals surface area contributed by atoms with E-state index in [1.807, 2.05) is 25.1 Å². The van der Waals surface area contributed by atoms with Crippen LogP contribution in [0.15, 0.2) is 18.2 Å². The molecule has 0 radical (unpaired) electrons. The Balaban J connectivity index is 2.77. The van der Waals surface area contributed by atoms with Crippen LogP contribution in [0.25, 0.3) is 0 Å². The monoisotopic (exact) mass is 206 g/mol. The highest BCUT2D eigenvalue weighted by Gasteiger charge is 2.13. The minimum atomic E-state index is -0.471. The molecule has 0 spiro atoms. The van der Waals surface area contributed by atoms with Gasteiger partial charge in [-0.1, -0.05) is 37.9 Å². The third-order valence-corrected chi connectivity index (χ3v) is 2.37. The molecule has 3 heteroatoms. The Labute approximate surface area is 92.4 Å². The van der Waals surface area contributed by atoms with E-state index in [0.29, 0.717) is 0 Å². The number of unbranched alkanes of at least 4 members (excludes halogenated alkanes) is 1. The molecule has 0 bridgehead atoms. The number of aryl methyl sites for hydroxylation is 1. The Morgan fingerprint density at radius 2 is 2.13 bits per heavy atom. The maximum Gasteiger partial charge on any atom is 0.324 e. The van der Waals surface area contributed by atoms with Crippen LogP contribution in [-0.2, 0) is 0 Å². The third kappa shape index (κ3) is 3.59. The molecule has 0 fully saturated rings. The molecule has 1 N–H and O–H groups in total. The van der Waals surface area contributed by atoms with Crippen molar-refractivity contribution in [3.63, 3.8) is 0 Å². The van der Waals surface area contributed by atoms with Crippen molar-refractivity contribution in [2.24, 2.45) is 0 Å². The molecule has 0 aliphatic heterocycles. The van der Waals surface area contributed by atoms with Gasteiger partial charge in [0.25, 0.3) is 0 Å². The van der Waals surface area contributed by atoms with Gasteiger partial charge in [-0.3, -0.25) is 0 Å². The highest BCUT2D eigenvalue weighted by molar-refractivity contribution is 6.65. The van der Waals surface area contributed by atoms with E-state index in [2.05, 4.69) is 6.92 Å². The Bertz CT molecular complexity index is 310. The van der Waals surface area contributed by atoms with Gasteiger partial charge in [0.15, 0.2) is 0 Å². The van der Waals surface area contributed by atoms with Crippen molar-refractivity contribution in [2.75, 3.05) is 6.61 Å². The van der Waals surface area contributed by atoms with E-state index in [1.165, 1.54) is 0 Å². The predicted octanol–water partition coefficient (Wildman–Crippen LogP) is 1.99. The molecule has 0 aromatic heterocycles. The molecular formula is C12H19BO2. The summed E-state index contributed by atoms with van der Waals surface area (Å²) >= 11 is 0. The second-order valence-corrected chi connectivity index (χ2v) is 3.92. The molecule has 1 aromatic rings. The van der Waals surface area contributed by atoms with Gasteiger partial charge in [-0.15, -0.1) is 0 Å². The smallest absolute Gasteiger partial charge is 0.324 e. The molecule has 2 nitrogen and oxygen atoms in total. The minimum absolute atomic E-state index is 0.471. The molecule has 82 valence electrons. The molecule has 1 aromatic carbocycles. The lowest BCUT2D eigenvalue weighted by Crippen LogP contribution is -2.28. The molecule has 1 rings (SSSR count). The van der Waals surface area contributed by atoms with Crippen LogP contribution >= 0.6 is 0 Å². The highest BCUT2D eigenvalue weighted by atomic mass is 16.5. The molecule has 0 heterocycles. The SMILES string of the molecule is CCCCOc1ccc(C)cc1B(C)O. The summed E-state index contributed by atoms with van der Waals surface area (Å²) in [6.07, 6.45) is 2.17. The Kier molecular flexibility index (Phi) is 4.69. The fourth-order valence-corrected chi connectivity index (χ4v) is 1.45. The first-order chi connectivity index (χ1) is 7.15. The summed E-state index contributed by atoms with van der Waals surface area (Å²) < 4.78 is 5.63. The second kappa shape index (κ2) is 5.81. The first-order valence-corrected chi connectivity index (χ1v) is 5.56. The summed E-state index contributed by atoms with van der Waals surface area (Å²) in [7, 11) is 0. The molecule has 0 aliphatic carbocycles. The van der Waals surface area contributed by atoms with Crippen LogP contribution in [0, 0.1) is 6.92 Å². The van der Waals surface area contributed by atoms with Gasteiger partial charge in [0, 0.05) is 0 Å². The van der Waals surface area contributed by atoms with Crippen LogP contribution in [0.5, 0.6) is 5.75 Å². The van der Waals surface area contributed by atoms with Gasteiger partial charge < -0.3 is 9.76 Å². The van der Waals surface area contributed by atoms with E-state index in [0.717, 1.165) is 36.2 Å². The van der Waals surface area contributed by atoms with Crippen LogP contribution in [-0.4, -0.2) is 18.5 Å². The van der Waals surface area contributed by atoms with E-state index in [-0.39, 0.29) is 0 Å². The van der Waals surface area contributed by atoms with Crippen molar-refractivity contribution < 1.29 is 9.76 Å². The first-order valence-electron chi connectivity index (χ1n) is 5.56. The van der Waals surface area contributed by atoms with Crippen LogP contribution in [0.3, 0.4) is 0 Å². The largest absolute Gasteiger partial charge is 0.494 e. The maximum absolute atomic E-state index is 9.61. The van der Waals surface area contributed by atoms with Gasteiger partial charge in [0.1, 0.15) is 5.75 Å². The number of hydrogen-bond acceptors (Lipinski definition) is 2. The maximum atomic E-state index is 9.61. The van der Waals surface area contributed by atoms with E-state index < -0.39 is 6.92 Å². The molecule has 0 amide bonds. The van der Waals surface area contributed by atoms with Crippen LogP contribution in [0.4, 0.5) is 0 Å². The number of hydrogen-bond donors (Lipinski definition) is 1. The van der Waals surface area contributed by atoms with E-state index in [4.69, 9.17) is 4.74 Å². The minimum Gasteiger partial charge on any atom is -0.494 e. The molecule has 15 heavy (non-hydrogen) atoms. The fraction of sp³-hybridized carbons (Fsp3) is 0.500. The zero-order chi connectivity index (χ0) is 11.3. The van der Waals surface area contributed by atoms with Gasteiger partial charge >= 0.3 is 6.92 Å². The summed E-state index contributed by atoms with van der Waals surface area (Å²) in [4.78, 5) is 0. The van der Waals surface area contributed by atoms with E-state index >= 15 is 0 Å². The summed E-state index contributed by atoms with van der Waals surface area (Å²) in [6, 6.07) is 5.92. The van der Waals surface area contributed by atoms with Crippen molar-refractivity contribution >= 4 is 12.4 Å². The average Bonchev–Trinajstić information content (AvgIpc) is 2.20. The lowest BCUT2D eigenvalue weighted by Gasteiger charge is -2.12. The highest BCUT2D eigenvalue weighted by Crippen LogP contribution is 2.11. The number of rotatable bonds is 5. The Hall–Kier alpha value is -0.955. The summed E-state index contributed by atoms with van der Waals surface area (Å²) in [6.45, 7) is 6.16. The van der Waals surface area contributed by atoms with Gasteiger partial charge in [0.05, 0.1) is 6.61 Å². The molecule has 0 aliphatic rings. The normalized spacial score (nSPS) is 10.1. The van der Waals surface area contributed by atoms with E-state index in [1.54, 1.807) is 6.82 Å². The second-order valence-electron chi connectivity index (χ2n) is 3.92. The predicted molar refractivity (Wildman–Crippen MR) is 65.1 cm³/mol. The zero-order valence-electron chi connectivity index (χ0n) is 9.79. The fourth-order valence-electron chi connectivity index (χ4n) is 1.45. The van der Waals surface area contributed by atoms with Crippen LogP contribution in [0.1, 0.15) is 25.3 Å². The molecule has 0 atom stereocenters. The van der Waals surface area contributed by atoms with Gasteiger partial charge in [0.2, 0.25) is 0 Å². The van der Waals surface area contributed by atoms with Gasteiger partial charge in [-0.2, -0.15) is 0 Å². The van der Waals surface area contributed by atoms with Crippen molar-refractivity contribution in [3.8, 4) is 5.75 Å². The van der Waals surface area contributed by atoms with Crippen LogP contribution < -0.4 is 10.2 Å². The van der Waals surface area contributed by atoms with Crippen molar-refractivity contribution in [2.45, 2.75) is 33.5 Å². The standard InChI is InChI=1S/C12H19BO2/c1-4-5-8-15-12-7-6-10(2)9-11(12)13(3)14/h6-7,9,14H,4-5,8H2,1-3H3. The van der Waals surface area contributed by atoms with Gasteiger partial charge in [-0.25, -0.2) is 0 Å². The number of ether oxygens (including phenoxy) is 1. The topological polar surface area (TPSA) is 29.5 Å². The van der Waals surface area contributed by atoms with Gasteiger partial charge in [-0.05, 0) is 24.9 Å². The lowest BCUT2D eigenvalue weighted by molar-refractivity contribution is 0.311. The molecular weight excluding hydrogens is 187 g/mol. The summed E-state index contributed by atoms with van der Waals surface area (Å²) in [5, 5.41) is 9.61. The molecule has 0 unspecified atom stereocenters. The Morgan fingerprint density at radius 1 is 1.40 bits per heavy atom. The van der Waals surface area contributed by atoms with Crippen molar-refractivity contribution in [3.05, 3.63) is 23.8 Å². The summed E-state index contributed by atoms with van der Waals surface area (Å²) in [5.74, 6) is 0.809. The Morgan fingerprint density at radius 3 is 2.73 bits per heavy atom. The summed E-state index contributed by atoms with van der Waals surface area (Å²) in [5.41, 5.74) is 2.03. The first kappa shape index (κ1) is 12.1. The van der Waals surface area contributed by atoms with Crippen molar-refractivity contribution in [1.29, 1.82) is 0 Å². The third-order valence-electron chi connectivity index (χ3n) is 2.37. The van der Waals surface area contributed by atoms with Crippen molar-refractivity contribution in [1.82, 2.24) is 0 Å². The van der Waals surface area contributed by atoms with Crippen LogP contribution in [0.2, 0.25) is 6.82 Å². The number of benzene rings is 1. The quantitative estimate of drug-likeness (QED) is 0.589. The lowest BCUT2D eigenvalue weighted by atomic mass is 9.63. The average molecular weight is 206 g/mol. The zero-order valence-corrected chi connectivity index (χ0v) is 9.79. The molecule has 0 saturated heterocycles. The molecule has 0 saturated carbocycles. The van der Waals surface area contributed by atoms with E-state index in [9.17, 15) is 5.02 Å².